The Morgan fingerprint density at radius 2 is 1.60 bits per heavy atom. The molecule has 0 radical (unpaired) electrons. The molecule has 0 saturated heterocycles. The highest BCUT2D eigenvalue weighted by Crippen LogP contribution is 2.35. The Labute approximate surface area is 126 Å². The van der Waals surface area contributed by atoms with E-state index in [9.17, 15) is 0 Å². The van der Waals surface area contributed by atoms with E-state index < -0.39 is 0 Å². The Hall–Kier alpha value is -0.820. The van der Waals surface area contributed by atoms with Crippen LogP contribution in [0.5, 0.6) is 0 Å². The summed E-state index contributed by atoms with van der Waals surface area (Å²) in [5, 5.41) is 0. The molecule has 0 aromatic heterocycles. The zero-order valence-corrected chi connectivity index (χ0v) is 14.1. The molecule has 0 aliphatic carbocycles. The molecule has 1 rings (SSSR count). The van der Waals surface area contributed by atoms with E-state index in [2.05, 4.69) is 46.8 Å². The Morgan fingerprint density at radius 3 is 2.05 bits per heavy atom. The quantitative estimate of drug-likeness (QED) is 0.643. The van der Waals surface area contributed by atoms with E-state index in [0.29, 0.717) is 11.8 Å². The first kappa shape index (κ1) is 17.2. The van der Waals surface area contributed by atoms with Gasteiger partial charge in [0.2, 0.25) is 0 Å². The molecule has 2 atom stereocenters. The van der Waals surface area contributed by atoms with Gasteiger partial charge in [-0.2, -0.15) is 0 Å². The maximum atomic E-state index is 6.10. The molecular weight excluding hydrogens is 242 g/mol. The van der Waals surface area contributed by atoms with Crippen LogP contribution in [0.3, 0.4) is 0 Å². The fraction of sp³-hybridized carbons (Fsp3) is 0.684. The maximum absolute atomic E-state index is 6.10. The summed E-state index contributed by atoms with van der Waals surface area (Å²) < 4.78 is 0. The number of hydrogen-bond donors (Lipinski definition) is 1. The summed E-state index contributed by atoms with van der Waals surface area (Å²) in [5.41, 5.74) is 11.9. The molecule has 20 heavy (non-hydrogen) atoms. The summed E-state index contributed by atoms with van der Waals surface area (Å²) >= 11 is 0. The lowest BCUT2D eigenvalue weighted by molar-refractivity contribution is 0.377. The molecule has 0 fully saturated rings. The predicted molar refractivity (Wildman–Crippen MR) is 90.4 cm³/mol. The lowest BCUT2D eigenvalue weighted by Gasteiger charge is -2.29. The lowest BCUT2D eigenvalue weighted by atomic mass is 9.77. The van der Waals surface area contributed by atoms with Crippen LogP contribution in [0.25, 0.3) is 0 Å². The van der Waals surface area contributed by atoms with E-state index in [1.807, 2.05) is 0 Å². The molecule has 114 valence electrons. The number of nitrogens with two attached hydrogens (primary N) is 1. The van der Waals surface area contributed by atoms with Gasteiger partial charge in [-0.25, -0.2) is 0 Å². The van der Waals surface area contributed by atoms with Crippen molar-refractivity contribution in [1.29, 1.82) is 0 Å². The second kappa shape index (κ2) is 8.46. The van der Waals surface area contributed by atoms with E-state index in [1.54, 1.807) is 5.56 Å². The first-order valence-corrected chi connectivity index (χ1v) is 8.32. The van der Waals surface area contributed by atoms with Crippen LogP contribution in [0, 0.1) is 26.7 Å². The normalized spacial score (nSPS) is 14.3. The fourth-order valence-electron chi connectivity index (χ4n) is 3.69. The molecule has 1 nitrogen and oxygen atoms in total. The third-order valence-electron chi connectivity index (χ3n) is 4.60. The number of benzene rings is 1. The van der Waals surface area contributed by atoms with Crippen molar-refractivity contribution in [1.82, 2.24) is 0 Å². The van der Waals surface area contributed by atoms with E-state index in [-0.39, 0.29) is 0 Å². The van der Waals surface area contributed by atoms with Crippen LogP contribution in [-0.4, -0.2) is 6.54 Å². The minimum Gasteiger partial charge on any atom is -0.330 e. The highest BCUT2D eigenvalue weighted by molar-refractivity contribution is 5.40. The van der Waals surface area contributed by atoms with Gasteiger partial charge < -0.3 is 5.73 Å². The third-order valence-corrected chi connectivity index (χ3v) is 4.60. The zero-order valence-electron chi connectivity index (χ0n) is 14.1. The molecule has 2 N–H and O–H groups in total. The average molecular weight is 275 g/mol. The lowest BCUT2D eigenvalue weighted by Crippen LogP contribution is -2.23. The van der Waals surface area contributed by atoms with Gasteiger partial charge in [-0.05, 0) is 68.7 Å². The summed E-state index contributed by atoms with van der Waals surface area (Å²) in [6.07, 6.45) is 6.41. The smallest absolute Gasteiger partial charge is 0.00430 e. The fourth-order valence-corrected chi connectivity index (χ4v) is 3.69. The highest BCUT2D eigenvalue weighted by atomic mass is 14.6. The summed E-state index contributed by atoms with van der Waals surface area (Å²) in [7, 11) is 0. The molecule has 0 amide bonds. The first-order chi connectivity index (χ1) is 9.54. The van der Waals surface area contributed by atoms with Crippen LogP contribution >= 0.6 is 0 Å². The second-order valence-electron chi connectivity index (χ2n) is 6.32. The molecule has 0 spiro atoms. The van der Waals surface area contributed by atoms with Crippen LogP contribution < -0.4 is 5.73 Å². The third kappa shape index (κ3) is 4.34. The van der Waals surface area contributed by atoms with Crippen molar-refractivity contribution in [2.45, 2.75) is 72.6 Å². The van der Waals surface area contributed by atoms with Gasteiger partial charge in [0.1, 0.15) is 0 Å². The standard InChI is InChI=1S/C19H33N/c1-6-8-9-10-17(13-20)18(7-2)19-15(4)11-14(3)12-16(19)5/h11-12,17-18H,6-10,13,20H2,1-5H3. The van der Waals surface area contributed by atoms with E-state index >= 15 is 0 Å². The van der Waals surface area contributed by atoms with E-state index in [1.165, 1.54) is 48.8 Å². The van der Waals surface area contributed by atoms with Crippen LogP contribution in [0.2, 0.25) is 0 Å². The molecule has 0 bridgehead atoms. The summed E-state index contributed by atoms with van der Waals surface area (Å²) in [5.74, 6) is 1.25. The molecular formula is C19H33N. The minimum absolute atomic E-state index is 0.623. The van der Waals surface area contributed by atoms with E-state index in [0.717, 1.165) is 6.54 Å². The molecule has 0 heterocycles. The highest BCUT2D eigenvalue weighted by Gasteiger charge is 2.23. The van der Waals surface area contributed by atoms with Crippen molar-refractivity contribution in [3.63, 3.8) is 0 Å². The van der Waals surface area contributed by atoms with Crippen molar-refractivity contribution < 1.29 is 0 Å². The molecule has 1 aromatic rings. The van der Waals surface area contributed by atoms with Gasteiger partial charge in [0.25, 0.3) is 0 Å². The maximum Gasteiger partial charge on any atom is -0.00430 e. The Balaban J connectivity index is 2.98. The number of unbranched alkanes of at least 4 members (excludes halogenated alkanes) is 2. The number of hydrogen-bond acceptors (Lipinski definition) is 1. The van der Waals surface area contributed by atoms with Crippen molar-refractivity contribution >= 4 is 0 Å². The largest absolute Gasteiger partial charge is 0.330 e. The van der Waals surface area contributed by atoms with Gasteiger partial charge in [-0.15, -0.1) is 0 Å². The molecule has 0 aliphatic heterocycles. The van der Waals surface area contributed by atoms with Crippen molar-refractivity contribution in [3.05, 3.63) is 34.4 Å². The average Bonchev–Trinajstić information content (AvgIpc) is 2.39. The second-order valence-corrected chi connectivity index (χ2v) is 6.32. The topological polar surface area (TPSA) is 26.0 Å². The first-order valence-electron chi connectivity index (χ1n) is 8.32. The van der Waals surface area contributed by atoms with Gasteiger partial charge >= 0.3 is 0 Å². The van der Waals surface area contributed by atoms with Gasteiger partial charge in [0.05, 0.1) is 0 Å². The molecule has 2 unspecified atom stereocenters. The molecule has 1 aromatic carbocycles. The summed E-state index contributed by atoms with van der Waals surface area (Å²) in [6.45, 7) is 12.1. The molecule has 0 aliphatic rings. The molecule has 1 heteroatoms. The van der Waals surface area contributed by atoms with Gasteiger partial charge in [-0.1, -0.05) is 50.8 Å². The SMILES string of the molecule is CCCCCC(CN)C(CC)c1c(C)cc(C)cc1C. The van der Waals surface area contributed by atoms with Crippen LogP contribution in [0.4, 0.5) is 0 Å². The van der Waals surface area contributed by atoms with Crippen LogP contribution in [-0.2, 0) is 0 Å². The zero-order chi connectivity index (χ0) is 15.1. The Morgan fingerprint density at radius 1 is 1.00 bits per heavy atom. The van der Waals surface area contributed by atoms with Crippen LogP contribution in [0.15, 0.2) is 12.1 Å². The van der Waals surface area contributed by atoms with Gasteiger partial charge in [-0.3, -0.25) is 0 Å². The Bertz CT molecular complexity index is 385. The summed E-state index contributed by atoms with van der Waals surface area (Å²) in [4.78, 5) is 0. The van der Waals surface area contributed by atoms with Crippen molar-refractivity contribution in [3.8, 4) is 0 Å². The van der Waals surface area contributed by atoms with Gasteiger partial charge in [0.15, 0.2) is 0 Å². The minimum atomic E-state index is 0.623. The summed E-state index contributed by atoms with van der Waals surface area (Å²) in [6, 6.07) is 4.65. The van der Waals surface area contributed by atoms with Crippen molar-refractivity contribution in [2.24, 2.45) is 11.7 Å². The Kier molecular flexibility index (Phi) is 7.29. The van der Waals surface area contributed by atoms with Crippen molar-refractivity contribution in [2.75, 3.05) is 6.54 Å². The van der Waals surface area contributed by atoms with Gasteiger partial charge in [0, 0.05) is 0 Å². The number of aryl methyl sites for hydroxylation is 3. The number of rotatable bonds is 8. The van der Waals surface area contributed by atoms with Crippen LogP contribution in [0.1, 0.15) is 74.1 Å². The van der Waals surface area contributed by atoms with E-state index in [4.69, 9.17) is 5.73 Å². The predicted octanol–water partition coefficient (Wildman–Crippen LogP) is 5.26. The molecule has 0 saturated carbocycles. The monoisotopic (exact) mass is 275 g/mol.